The first-order valence-electron chi connectivity index (χ1n) is 19.6. The molecule has 21 heteroatoms. The van der Waals surface area contributed by atoms with E-state index in [1.807, 2.05) is 126 Å². The molecule has 0 atom stereocenters. The molecule has 0 fully saturated rings. The zero-order valence-corrected chi connectivity index (χ0v) is 36.6. The molecule has 0 radical (unpaired) electrons. The van der Waals surface area contributed by atoms with Crippen molar-refractivity contribution in [3.05, 3.63) is 133 Å². The summed E-state index contributed by atoms with van der Waals surface area (Å²) in [6.07, 6.45) is 3.64. The number of carbonyl (C=O) groups is 2. The van der Waals surface area contributed by atoms with Crippen LogP contribution in [-0.2, 0) is 48.1 Å². The van der Waals surface area contributed by atoms with Gasteiger partial charge < -0.3 is 28.4 Å². The maximum absolute atomic E-state index is 12.0. The van der Waals surface area contributed by atoms with Crippen molar-refractivity contribution in [3.8, 4) is 0 Å². The lowest BCUT2D eigenvalue weighted by Crippen LogP contribution is -2.27. The fraction of sp³-hybridized carbons (Fsp3) is 0.286. The number of hydrogen-bond acceptors (Lipinski definition) is 16. The summed E-state index contributed by atoms with van der Waals surface area (Å²) in [5.74, 6) is 0.458. The third-order valence-corrected chi connectivity index (χ3v) is 8.72. The van der Waals surface area contributed by atoms with Crippen LogP contribution in [0.25, 0.3) is 0 Å². The molecular weight excluding hydrogens is 833 g/mol. The molecule has 6 rings (SSSR count). The Kier molecular flexibility index (Phi) is 18.7. The maximum atomic E-state index is 12.0. The largest absolute Gasteiger partial charge is 0.759 e. The second-order valence-corrected chi connectivity index (χ2v) is 14.2. The van der Waals surface area contributed by atoms with Gasteiger partial charge in [-0.15, -0.1) is 9.36 Å². The smallest absolute Gasteiger partial charge is 0.435 e. The summed E-state index contributed by atoms with van der Waals surface area (Å²) < 4.78 is 51.8. The number of nitrogens with zero attached hydrogens (tertiary/aromatic N) is 12. The first-order chi connectivity index (χ1) is 30.1. The van der Waals surface area contributed by atoms with Gasteiger partial charge in [0.15, 0.2) is 12.7 Å². The van der Waals surface area contributed by atoms with E-state index in [4.69, 9.17) is 27.0 Å². The molecule has 4 aromatic carbocycles. The van der Waals surface area contributed by atoms with Crippen molar-refractivity contribution in [2.75, 3.05) is 49.2 Å². The highest BCUT2D eigenvalue weighted by molar-refractivity contribution is 7.79. The molecule has 63 heavy (non-hydrogen) atoms. The lowest BCUT2D eigenvalue weighted by molar-refractivity contribution is -0.659. The van der Waals surface area contributed by atoms with Gasteiger partial charge in [0.25, 0.3) is 0 Å². The quantitative estimate of drug-likeness (QED) is 0.0394. The summed E-state index contributed by atoms with van der Waals surface area (Å²) in [5, 5.41) is 25.3. The fourth-order valence-electron chi connectivity index (χ4n) is 5.68. The van der Waals surface area contributed by atoms with Crippen LogP contribution in [0.3, 0.4) is 0 Å². The highest BCUT2D eigenvalue weighted by atomic mass is 32.3. The standard InChI is InChI=1S/2C21H25N6O2.H2O4S/c2*1-4-27(14-15-29-20(28)17-8-6-5-7-9-17)19-12-10-18(11-13-19)22-23-21-24-26(3)16-25(21)2;1-5(2,3)4/h2*5-13,16H,4,14-15H2,1-3H3;(H2,1,2,3,4)/q2*+1;/p-2. The van der Waals surface area contributed by atoms with E-state index in [0.29, 0.717) is 49.3 Å². The zero-order valence-electron chi connectivity index (χ0n) is 35.8. The molecule has 0 saturated heterocycles. The fourth-order valence-corrected chi connectivity index (χ4v) is 5.68. The number of anilines is 2. The van der Waals surface area contributed by atoms with Crippen LogP contribution in [-0.4, -0.2) is 88.4 Å². The van der Waals surface area contributed by atoms with Crippen molar-refractivity contribution >= 4 is 57.0 Å². The summed E-state index contributed by atoms with van der Waals surface area (Å²) in [7, 11) is 2.25. The SMILES string of the molecule is CCN(CCOC(=O)c1ccccc1)c1ccc(N=Nc2nn(C)c[n+]2C)cc1.CCN(CCOC(=O)c1ccccc1)c1ccc(N=Nc2nn(C)c[n+]2C)cc1.O=S(=O)([O-])[O-]. The van der Waals surface area contributed by atoms with Gasteiger partial charge >= 0.3 is 23.8 Å². The minimum absolute atomic E-state index is 0.305. The van der Waals surface area contributed by atoms with E-state index in [2.05, 4.69) is 54.3 Å². The van der Waals surface area contributed by atoms with Gasteiger partial charge in [-0.1, -0.05) is 46.6 Å². The zero-order chi connectivity index (χ0) is 45.8. The maximum Gasteiger partial charge on any atom is 0.435 e. The van der Waals surface area contributed by atoms with Crippen LogP contribution in [0, 0.1) is 0 Å². The van der Waals surface area contributed by atoms with E-state index >= 15 is 0 Å². The summed E-state index contributed by atoms with van der Waals surface area (Å²) in [5.41, 5.74) is 4.67. The van der Waals surface area contributed by atoms with Crippen LogP contribution in [0.1, 0.15) is 34.6 Å². The summed E-state index contributed by atoms with van der Waals surface area (Å²) in [4.78, 5) is 28.3. The number of esters is 2. The molecule has 0 amide bonds. The molecule has 6 aromatic rings. The third kappa shape index (κ3) is 17.0. The van der Waals surface area contributed by atoms with Crippen molar-refractivity contribution in [2.24, 2.45) is 48.6 Å². The van der Waals surface area contributed by atoms with E-state index < -0.39 is 10.4 Å². The number of carbonyl (C=O) groups excluding carboxylic acids is 2. The van der Waals surface area contributed by atoms with E-state index in [1.165, 1.54) is 0 Å². The second kappa shape index (κ2) is 24.3. The Morgan fingerprint density at radius 2 is 0.937 bits per heavy atom. The van der Waals surface area contributed by atoms with Crippen molar-refractivity contribution in [1.29, 1.82) is 0 Å². The average Bonchev–Trinajstić information content (AvgIpc) is 3.78. The van der Waals surface area contributed by atoms with Crippen LogP contribution in [0.5, 0.6) is 0 Å². The number of aryl methyl sites for hydroxylation is 4. The lowest BCUT2D eigenvalue weighted by Gasteiger charge is -2.22. The van der Waals surface area contributed by atoms with Crippen molar-refractivity contribution in [1.82, 2.24) is 19.6 Å². The van der Waals surface area contributed by atoms with Gasteiger partial charge in [0.05, 0.1) is 63.8 Å². The molecular formula is C42H50N12O8S. The molecule has 2 heterocycles. The number of aromatic nitrogens is 6. The predicted octanol–water partition coefficient (Wildman–Crippen LogP) is 5.35. The molecule has 0 N–H and O–H groups in total. The molecule has 332 valence electrons. The van der Waals surface area contributed by atoms with Gasteiger partial charge in [0.2, 0.25) is 0 Å². The Balaban J connectivity index is 0.000000250. The minimum Gasteiger partial charge on any atom is -0.759 e. The van der Waals surface area contributed by atoms with Gasteiger partial charge in [-0.25, -0.2) is 18.7 Å². The molecule has 0 bridgehead atoms. The van der Waals surface area contributed by atoms with Gasteiger partial charge in [-0.05, 0) is 86.6 Å². The molecule has 0 aliphatic carbocycles. The third-order valence-electron chi connectivity index (χ3n) is 8.72. The van der Waals surface area contributed by atoms with Crippen LogP contribution in [0.15, 0.2) is 142 Å². The molecule has 0 saturated carbocycles. The lowest BCUT2D eigenvalue weighted by atomic mass is 10.2. The summed E-state index contributed by atoms with van der Waals surface area (Å²) in [6, 6.07) is 33.6. The number of hydrogen-bond donors (Lipinski definition) is 0. The van der Waals surface area contributed by atoms with E-state index in [1.54, 1.807) is 42.8 Å². The van der Waals surface area contributed by atoms with Gasteiger partial charge in [0.1, 0.15) is 13.2 Å². The number of benzene rings is 4. The van der Waals surface area contributed by atoms with Gasteiger partial charge in [0, 0.05) is 55.3 Å². The number of ether oxygens (including phenoxy) is 2. The van der Waals surface area contributed by atoms with E-state index in [9.17, 15) is 9.59 Å². The molecule has 20 nitrogen and oxygen atoms in total. The predicted molar refractivity (Wildman–Crippen MR) is 230 cm³/mol. The number of rotatable bonds is 16. The Morgan fingerprint density at radius 3 is 1.22 bits per heavy atom. The molecule has 0 aliphatic heterocycles. The van der Waals surface area contributed by atoms with Gasteiger partial charge in [-0.3, -0.25) is 8.42 Å². The Labute approximate surface area is 366 Å². The highest BCUT2D eigenvalue weighted by Gasteiger charge is 2.13. The normalized spacial score (nSPS) is 11.0. The number of likely N-dealkylation sites (N-methyl/N-ethyl adjacent to an activating group) is 2. The second-order valence-electron chi connectivity index (χ2n) is 13.4. The Bertz CT molecular complexity index is 2350. The molecule has 2 aromatic heterocycles. The minimum atomic E-state index is -5.17. The molecule has 0 unspecified atom stereocenters. The van der Waals surface area contributed by atoms with Crippen LogP contribution >= 0.6 is 0 Å². The van der Waals surface area contributed by atoms with Crippen LogP contribution < -0.4 is 18.9 Å². The average molecular weight is 883 g/mol. The van der Waals surface area contributed by atoms with Crippen molar-refractivity contribution in [3.63, 3.8) is 0 Å². The first kappa shape index (κ1) is 48.4. The van der Waals surface area contributed by atoms with E-state index in [-0.39, 0.29) is 11.9 Å². The molecule has 0 spiro atoms. The first-order valence-corrected chi connectivity index (χ1v) is 20.9. The molecule has 0 aliphatic rings. The summed E-state index contributed by atoms with van der Waals surface area (Å²) >= 11 is 0. The van der Waals surface area contributed by atoms with Gasteiger partial charge in [-0.2, -0.15) is 0 Å². The van der Waals surface area contributed by atoms with Crippen molar-refractivity contribution < 1.29 is 45.7 Å². The Morgan fingerprint density at radius 1 is 0.603 bits per heavy atom. The number of azo groups is 2. The Hall–Kier alpha value is -7.23. The monoisotopic (exact) mass is 882 g/mol. The van der Waals surface area contributed by atoms with Crippen LogP contribution in [0.2, 0.25) is 0 Å². The van der Waals surface area contributed by atoms with Crippen molar-refractivity contribution in [2.45, 2.75) is 13.8 Å². The summed E-state index contributed by atoms with van der Waals surface area (Å²) in [6.45, 7) is 7.58. The highest BCUT2D eigenvalue weighted by Crippen LogP contribution is 2.22. The van der Waals surface area contributed by atoms with Crippen LogP contribution in [0.4, 0.5) is 34.6 Å². The van der Waals surface area contributed by atoms with E-state index in [0.717, 1.165) is 35.8 Å². The topological polar surface area (TPSA) is 232 Å².